The molecule has 9 nitrogen and oxygen atoms in total. The molecule has 1 amide bonds. The van der Waals surface area contributed by atoms with Crippen molar-refractivity contribution < 1.29 is 19.4 Å². The minimum Gasteiger partial charge on any atom is -0.477 e. The van der Waals surface area contributed by atoms with Gasteiger partial charge in [-0.2, -0.15) is 0 Å². The summed E-state index contributed by atoms with van der Waals surface area (Å²) in [4.78, 5) is 51.2. The van der Waals surface area contributed by atoms with Crippen LogP contribution in [0.5, 0.6) is 0 Å². The van der Waals surface area contributed by atoms with Gasteiger partial charge in [0.1, 0.15) is 12.2 Å². The average Bonchev–Trinajstić information content (AvgIpc) is 2.80. The van der Waals surface area contributed by atoms with Gasteiger partial charge in [-0.05, 0) is 35.9 Å². The second-order valence-electron chi connectivity index (χ2n) is 7.22. The van der Waals surface area contributed by atoms with Gasteiger partial charge in [0.15, 0.2) is 0 Å². The number of nitrogens with zero attached hydrogens (tertiary/aromatic N) is 3. The Morgan fingerprint density at radius 3 is 2.39 bits per heavy atom. The van der Waals surface area contributed by atoms with Crippen LogP contribution in [0.1, 0.15) is 15.9 Å². The lowest BCUT2D eigenvalue weighted by molar-refractivity contribution is -0.125. The van der Waals surface area contributed by atoms with E-state index in [4.69, 9.17) is 27.9 Å². The van der Waals surface area contributed by atoms with E-state index in [2.05, 4.69) is 0 Å². The Balaban J connectivity index is 1.79. The minimum absolute atomic E-state index is 0.0137. The summed E-state index contributed by atoms with van der Waals surface area (Å²) in [5.41, 5.74) is -0.985. The molecule has 3 aromatic rings. The summed E-state index contributed by atoms with van der Waals surface area (Å²) in [5, 5.41) is 9.93. The van der Waals surface area contributed by atoms with Crippen LogP contribution in [0.2, 0.25) is 10.0 Å². The number of hydrogen-bond acceptors (Lipinski definition) is 5. The van der Waals surface area contributed by atoms with E-state index in [1.807, 2.05) is 0 Å². The number of morpholine rings is 1. The first-order chi connectivity index (χ1) is 15.8. The molecule has 2 aromatic carbocycles. The van der Waals surface area contributed by atoms with E-state index in [1.54, 1.807) is 47.4 Å². The zero-order valence-electron chi connectivity index (χ0n) is 17.0. The molecule has 1 aliphatic rings. The van der Waals surface area contributed by atoms with Crippen molar-refractivity contribution in [1.82, 2.24) is 9.13 Å². The van der Waals surface area contributed by atoms with Crippen LogP contribution in [0.25, 0.3) is 5.69 Å². The van der Waals surface area contributed by atoms with E-state index >= 15 is 0 Å². The van der Waals surface area contributed by atoms with Crippen LogP contribution in [-0.4, -0.2) is 45.9 Å². The Bertz CT molecular complexity index is 1360. The topological polar surface area (TPSA) is 111 Å². The number of carbonyl (C=O) groups is 2. The van der Waals surface area contributed by atoms with Gasteiger partial charge in [0.05, 0.1) is 28.9 Å². The highest BCUT2D eigenvalue weighted by molar-refractivity contribution is 6.42. The second-order valence-corrected chi connectivity index (χ2v) is 8.00. The van der Waals surface area contributed by atoms with Gasteiger partial charge in [0.25, 0.3) is 11.5 Å². The third kappa shape index (κ3) is 4.43. The Labute approximate surface area is 197 Å². The van der Waals surface area contributed by atoms with Crippen LogP contribution in [0.3, 0.4) is 0 Å². The summed E-state index contributed by atoms with van der Waals surface area (Å²) in [6, 6.07) is 11.1. The normalized spacial score (nSPS) is 13.9. The maximum atomic E-state index is 13.2. The highest BCUT2D eigenvalue weighted by Crippen LogP contribution is 2.25. The van der Waals surface area contributed by atoms with Gasteiger partial charge in [-0.3, -0.25) is 18.7 Å². The van der Waals surface area contributed by atoms with Gasteiger partial charge in [-0.15, -0.1) is 0 Å². The summed E-state index contributed by atoms with van der Waals surface area (Å²) < 4.78 is 6.98. The molecular formula is C22H17Cl2N3O6. The van der Waals surface area contributed by atoms with Gasteiger partial charge in [-0.25, -0.2) is 9.59 Å². The largest absolute Gasteiger partial charge is 0.477 e. The van der Waals surface area contributed by atoms with Crippen molar-refractivity contribution in [2.45, 2.75) is 6.54 Å². The summed E-state index contributed by atoms with van der Waals surface area (Å²) in [6.45, 7) is 0.525. The molecule has 1 saturated heterocycles. The molecule has 0 aliphatic carbocycles. The fourth-order valence-electron chi connectivity index (χ4n) is 3.50. The Morgan fingerprint density at radius 2 is 1.73 bits per heavy atom. The molecule has 4 rings (SSSR count). The lowest BCUT2D eigenvalue weighted by atomic mass is 10.2. The molecule has 11 heteroatoms. The van der Waals surface area contributed by atoms with Crippen molar-refractivity contribution in [1.29, 1.82) is 0 Å². The molecule has 0 bridgehead atoms. The number of benzene rings is 2. The number of carboxylic acids is 1. The number of carboxylic acid groups (broad SMARTS) is 1. The molecule has 1 N–H and O–H groups in total. The van der Waals surface area contributed by atoms with Crippen molar-refractivity contribution in [3.63, 3.8) is 0 Å². The maximum absolute atomic E-state index is 13.2. The number of aromatic nitrogens is 2. The second kappa shape index (κ2) is 9.22. The van der Waals surface area contributed by atoms with Gasteiger partial charge < -0.3 is 14.7 Å². The number of aromatic carboxylic acids is 1. The molecule has 0 atom stereocenters. The molecule has 0 radical (unpaired) electrons. The highest BCUT2D eigenvalue weighted by atomic mass is 35.5. The number of carbonyl (C=O) groups excluding carboxylic acids is 1. The van der Waals surface area contributed by atoms with Crippen LogP contribution >= 0.6 is 23.2 Å². The first-order valence-corrected chi connectivity index (χ1v) is 10.5. The number of halogens is 2. The molecule has 1 aliphatic heterocycles. The molecule has 1 fully saturated rings. The predicted octanol–water partition coefficient (Wildman–Crippen LogP) is 2.42. The zero-order valence-corrected chi connectivity index (χ0v) is 18.5. The average molecular weight is 490 g/mol. The molecule has 0 spiro atoms. The van der Waals surface area contributed by atoms with Crippen molar-refractivity contribution in [2.75, 3.05) is 24.7 Å². The van der Waals surface area contributed by atoms with E-state index in [-0.39, 0.29) is 29.1 Å². The molecule has 0 unspecified atom stereocenters. The Morgan fingerprint density at radius 1 is 1.03 bits per heavy atom. The Kier molecular flexibility index (Phi) is 6.37. The first-order valence-electron chi connectivity index (χ1n) is 9.79. The SMILES string of the molecule is O=C(O)c1cn(-c2ccc(N3CCOCC3=O)cc2)c(=O)n(Cc2cccc(Cl)c2Cl)c1=O. The van der Waals surface area contributed by atoms with E-state index in [0.29, 0.717) is 30.1 Å². The van der Waals surface area contributed by atoms with Crippen molar-refractivity contribution in [3.05, 3.63) is 90.7 Å². The van der Waals surface area contributed by atoms with E-state index in [1.165, 1.54) is 0 Å². The van der Waals surface area contributed by atoms with Crippen LogP contribution in [0.4, 0.5) is 5.69 Å². The van der Waals surface area contributed by atoms with Gasteiger partial charge in [0.2, 0.25) is 0 Å². The van der Waals surface area contributed by atoms with Crippen molar-refractivity contribution >= 4 is 40.8 Å². The lowest BCUT2D eigenvalue weighted by Crippen LogP contribution is -2.42. The fraction of sp³-hybridized carbons (Fsp3) is 0.182. The van der Waals surface area contributed by atoms with Crippen LogP contribution in [-0.2, 0) is 16.1 Å². The van der Waals surface area contributed by atoms with E-state index < -0.39 is 22.8 Å². The summed E-state index contributed by atoms with van der Waals surface area (Å²) >= 11 is 12.2. The number of anilines is 1. The molecule has 33 heavy (non-hydrogen) atoms. The standard InChI is InChI=1S/C22H17Cl2N3O6/c23-17-3-1-2-13(19(17)24)10-27-20(29)16(21(30)31)11-26(22(27)32)15-6-4-14(5-7-15)25-8-9-33-12-18(25)28/h1-7,11H,8-10,12H2,(H,30,31). The van der Waals surface area contributed by atoms with Crippen LogP contribution < -0.4 is 16.1 Å². The van der Waals surface area contributed by atoms with Crippen LogP contribution in [0, 0.1) is 0 Å². The minimum atomic E-state index is -1.48. The van der Waals surface area contributed by atoms with Gasteiger partial charge in [0, 0.05) is 18.4 Å². The highest BCUT2D eigenvalue weighted by Gasteiger charge is 2.21. The number of rotatable bonds is 5. The van der Waals surface area contributed by atoms with E-state index in [0.717, 1.165) is 15.3 Å². The monoisotopic (exact) mass is 489 g/mol. The van der Waals surface area contributed by atoms with Gasteiger partial charge in [-0.1, -0.05) is 35.3 Å². The molecular weight excluding hydrogens is 473 g/mol. The molecule has 170 valence electrons. The van der Waals surface area contributed by atoms with Crippen molar-refractivity contribution in [3.8, 4) is 5.69 Å². The number of hydrogen-bond donors (Lipinski definition) is 1. The third-order valence-corrected chi connectivity index (χ3v) is 6.04. The fourth-order valence-corrected chi connectivity index (χ4v) is 3.88. The number of amides is 1. The zero-order chi connectivity index (χ0) is 23.7. The molecule has 1 aromatic heterocycles. The van der Waals surface area contributed by atoms with E-state index in [9.17, 15) is 24.3 Å². The summed E-state index contributed by atoms with van der Waals surface area (Å²) in [6.07, 6.45) is 0.984. The third-order valence-electron chi connectivity index (χ3n) is 5.19. The van der Waals surface area contributed by atoms with Gasteiger partial charge >= 0.3 is 11.7 Å². The summed E-state index contributed by atoms with van der Waals surface area (Å²) in [7, 11) is 0. The number of ether oxygens (including phenoxy) is 1. The lowest BCUT2D eigenvalue weighted by Gasteiger charge is -2.27. The molecule has 0 saturated carbocycles. The van der Waals surface area contributed by atoms with Crippen molar-refractivity contribution in [2.24, 2.45) is 0 Å². The quantitative estimate of drug-likeness (QED) is 0.588. The maximum Gasteiger partial charge on any atom is 0.342 e. The Hall–Kier alpha value is -3.40. The molecule has 2 heterocycles. The first kappa shape index (κ1) is 22.8. The predicted molar refractivity (Wildman–Crippen MR) is 122 cm³/mol. The smallest absolute Gasteiger partial charge is 0.342 e. The van der Waals surface area contributed by atoms with Crippen LogP contribution in [0.15, 0.2) is 58.3 Å². The summed E-state index contributed by atoms with van der Waals surface area (Å²) in [5.74, 6) is -1.67.